The molecule has 51 heavy (non-hydrogen) atoms. The molecule has 0 bridgehead atoms. The summed E-state index contributed by atoms with van der Waals surface area (Å²) in [6, 6.07) is -0.424. The van der Waals surface area contributed by atoms with Gasteiger partial charge in [0.1, 0.15) is 33.0 Å². The van der Waals surface area contributed by atoms with E-state index < -0.39 is 35.3 Å². The third kappa shape index (κ3) is 23.3. The number of ketones is 1. The van der Waals surface area contributed by atoms with Gasteiger partial charge in [-0.1, -0.05) is 26.7 Å². The average Bonchev–Trinajstić information content (AvgIpc) is 3.08. The number of carbonyl (C=O) groups excluding carboxylic acids is 6. The zero-order valence-electron chi connectivity index (χ0n) is 31.7. The van der Waals surface area contributed by atoms with Gasteiger partial charge in [-0.05, 0) is 60.0 Å². The highest BCUT2D eigenvalue weighted by atomic mass is 16.6. The van der Waals surface area contributed by atoms with E-state index in [4.69, 9.17) is 23.7 Å². The van der Waals surface area contributed by atoms with Gasteiger partial charge in [0.25, 0.3) is 0 Å². The first-order chi connectivity index (χ1) is 23.9. The molecule has 0 amide bonds. The average molecular weight is 724 g/mol. The summed E-state index contributed by atoms with van der Waals surface area (Å²) in [4.78, 5) is 72.9. The molecule has 3 N–H and O–H groups in total. The number of ether oxygens (including phenoxy) is 5. The van der Waals surface area contributed by atoms with Crippen LogP contribution in [-0.2, 0) is 52.5 Å². The van der Waals surface area contributed by atoms with Crippen LogP contribution in [0, 0.1) is 5.41 Å². The van der Waals surface area contributed by atoms with Gasteiger partial charge in [0.05, 0.1) is 24.7 Å². The lowest BCUT2D eigenvalue weighted by Gasteiger charge is -2.31. The van der Waals surface area contributed by atoms with E-state index >= 15 is 0 Å². The van der Waals surface area contributed by atoms with Crippen LogP contribution in [0.4, 0.5) is 0 Å². The number of allylic oxidation sites excluding steroid dienone is 1. The van der Waals surface area contributed by atoms with Crippen LogP contribution in [0.25, 0.3) is 0 Å². The number of esters is 5. The summed E-state index contributed by atoms with van der Waals surface area (Å²) in [7, 11) is 0. The van der Waals surface area contributed by atoms with E-state index in [2.05, 4.69) is 35.7 Å². The standard InChI is InChI=1S/C37H61N3O11/c1-11-37(22-49-32(42)14-17-38-28(8)12-13-31(41)25(2)3,23-50-33(43)15-18-39-29(9)20-47-35(45)26(4)5)24-51-34(44)16-19-40-30(10)21-48-36(46)27(6)7/h28-30,38-40H,2,4,6,11-24H2,1,3,5,7-10H3. The number of hydrogen-bond donors (Lipinski definition) is 3. The van der Waals surface area contributed by atoms with Gasteiger partial charge in [0, 0.05) is 55.3 Å². The zero-order chi connectivity index (χ0) is 39.0. The van der Waals surface area contributed by atoms with Crippen LogP contribution in [0.5, 0.6) is 0 Å². The van der Waals surface area contributed by atoms with Crippen molar-refractivity contribution in [1.82, 2.24) is 16.0 Å². The van der Waals surface area contributed by atoms with E-state index in [-0.39, 0.29) is 89.3 Å². The van der Waals surface area contributed by atoms with Crippen LogP contribution in [0.15, 0.2) is 36.5 Å². The summed E-state index contributed by atoms with van der Waals surface area (Å²) in [6.07, 6.45) is 1.43. The minimum Gasteiger partial charge on any atom is -0.465 e. The van der Waals surface area contributed by atoms with Crippen LogP contribution in [0.3, 0.4) is 0 Å². The van der Waals surface area contributed by atoms with Gasteiger partial charge < -0.3 is 39.6 Å². The fourth-order valence-corrected chi connectivity index (χ4v) is 4.04. The van der Waals surface area contributed by atoms with Crippen LogP contribution >= 0.6 is 0 Å². The van der Waals surface area contributed by atoms with E-state index in [9.17, 15) is 28.8 Å². The predicted octanol–water partition coefficient (Wildman–Crippen LogP) is 3.28. The summed E-state index contributed by atoms with van der Waals surface area (Å²) >= 11 is 0. The van der Waals surface area contributed by atoms with Crippen LogP contribution < -0.4 is 16.0 Å². The summed E-state index contributed by atoms with van der Waals surface area (Å²) in [6.45, 7) is 23.4. The third-order valence-corrected chi connectivity index (χ3v) is 7.74. The molecule has 3 atom stereocenters. The van der Waals surface area contributed by atoms with Gasteiger partial charge in [-0.2, -0.15) is 0 Å². The smallest absolute Gasteiger partial charge is 0.333 e. The van der Waals surface area contributed by atoms with Crippen LogP contribution in [0.2, 0.25) is 0 Å². The number of carbonyl (C=O) groups is 6. The van der Waals surface area contributed by atoms with E-state index in [1.807, 2.05) is 13.8 Å². The topological polar surface area (TPSA) is 185 Å². The lowest BCUT2D eigenvalue weighted by molar-refractivity contribution is -0.162. The van der Waals surface area contributed by atoms with Crippen LogP contribution in [-0.4, -0.2) is 106 Å². The fraction of sp³-hybridized carbons (Fsp3) is 0.676. The molecular formula is C37H61N3O11. The van der Waals surface area contributed by atoms with Crippen molar-refractivity contribution in [2.45, 2.75) is 105 Å². The molecular weight excluding hydrogens is 662 g/mol. The Morgan fingerprint density at radius 3 is 1.22 bits per heavy atom. The highest BCUT2D eigenvalue weighted by molar-refractivity contribution is 5.94. The van der Waals surface area contributed by atoms with Crippen molar-refractivity contribution >= 4 is 35.6 Å². The highest BCUT2D eigenvalue weighted by Crippen LogP contribution is 2.25. The number of rotatable bonds is 29. The second kappa shape index (κ2) is 26.0. The molecule has 3 unspecified atom stereocenters. The van der Waals surface area contributed by atoms with Crippen molar-refractivity contribution in [2.75, 3.05) is 52.7 Å². The van der Waals surface area contributed by atoms with E-state index in [0.717, 1.165) is 0 Å². The Bertz CT molecular complexity index is 1060. The van der Waals surface area contributed by atoms with Crippen molar-refractivity contribution in [2.24, 2.45) is 5.41 Å². The van der Waals surface area contributed by atoms with Crippen molar-refractivity contribution in [3.8, 4) is 0 Å². The molecule has 0 aliphatic rings. The Hall–Kier alpha value is -3.88. The first-order valence-corrected chi connectivity index (χ1v) is 17.4. The molecule has 290 valence electrons. The van der Waals surface area contributed by atoms with Crippen molar-refractivity contribution in [3.63, 3.8) is 0 Å². The number of nitrogens with one attached hydrogen (secondary N) is 3. The highest BCUT2D eigenvalue weighted by Gasteiger charge is 2.34. The maximum atomic E-state index is 12.7. The quantitative estimate of drug-likeness (QED) is 0.0580. The first kappa shape index (κ1) is 47.1. The molecule has 0 spiro atoms. The predicted molar refractivity (Wildman–Crippen MR) is 192 cm³/mol. The summed E-state index contributed by atoms with van der Waals surface area (Å²) < 4.78 is 26.9. The molecule has 0 aliphatic carbocycles. The molecule has 14 nitrogen and oxygen atoms in total. The normalized spacial score (nSPS) is 13.8. The molecule has 0 heterocycles. The molecule has 14 heteroatoms. The Kier molecular flexibility index (Phi) is 24.0. The monoisotopic (exact) mass is 723 g/mol. The number of Topliss-reactive ketones (excluding diaryl/α,β-unsaturated/α-hetero) is 1. The third-order valence-electron chi connectivity index (χ3n) is 7.74. The molecule has 0 rings (SSSR count). The Balaban J connectivity index is 5.11. The van der Waals surface area contributed by atoms with Crippen molar-refractivity contribution in [3.05, 3.63) is 36.5 Å². The molecule has 0 saturated carbocycles. The summed E-state index contributed by atoms with van der Waals surface area (Å²) in [5, 5.41) is 9.37. The second-order valence-corrected chi connectivity index (χ2v) is 13.2. The maximum Gasteiger partial charge on any atom is 0.333 e. The molecule has 0 aromatic carbocycles. The van der Waals surface area contributed by atoms with E-state index in [1.165, 1.54) is 0 Å². The molecule has 0 radical (unpaired) electrons. The van der Waals surface area contributed by atoms with Crippen molar-refractivity contribution < 1.29 is 52.5 Å². The van der Waals surface area contributed by atoms with E-state index in [1.54, 1.807) is 34.6 Å². The minimum absolute atomic E-state index is 0.000204. The van der Waals surface area contributed by atoms with Gasteiger partial charge >= 0.3 is 29.8 Å². The fourth-order valence-electron chi connectivity index (χ4n) is 4.04. The van der Waals surface area contributed by atoms with Crippen molar-refractivity contribution in [1.29, 1.82) is 0 Å². The molecule has 0 aromatic rings. The SMILES string of the molecule is C=C(C)C(=O)CCC(C)NCCC(=O)OCC(CC)(COC(=O)CCNC(C)COC(=O)C(=C)C)COC(=O)CCNC(C)COC(=O)C(=C)C. The van der Waals surface area contributed by atoms with E-state index in [0.29, 0.717) is 42.5 Å². The molecule has 0 aliphatic heterocycles. The summed E-state index contributed by atoms with van der Waals surface area (Å²) in [5.74, 6) is -2.51. The first-order valence-electron chi connectivity index (χ1n) is 17.4. The largest absolute Gasteiger partial charge is 0.465 e. The Morgan fingerprint density at radius 2 is 0.902 bits per heavy atom. The maximum absolute atomic E-state index is 12.7. The molecule has 0 aromatic heterocycles. The lowest BCUT2D eigenvalue weighted by atomic mass is 9.88. The molecule has 0 fully saturated rings. The van der Waals surface area contributed by atoms with Gasteiger partial charge in [0.15, 0.2) is 5.78 Å². The second-order valence-electron chi connectivity index (χ2n) is 13.2. The zero-order valence-corrected chi connectivity index (χ0v) is 31.7. The Morgan fingerprint density at radius 1 is 0.549 bits per heavy atom. The van der Waals surface area contributed by atoms with Gasteiger partial charge in [-0.15, -0.1) is 0 Å². The van der Waals surface area contributed by atoms with Crippen LogP contribution in [0.1, 0.15) is 87.0 Å². The van der Waals surface area contributed by atoms with Gasteiger partial charge in [0.2, 0.25) is 0 Å². The molecule has 0 saturated heterocycles. The van der Waals surface area contributed by atoms with Gasteiger partial charge in [-0.3, -0.25) is 19.2 Å². The summed E-state index contributed by atoms with van der Waals surface area (Å²) in [5.41, 5.74) is 0.0966. The lowest BCUT2D eigenvalue weighted by Crippen LogP contribution is -2.40. The number of hydrogen-bond acceptors (Lipinski definition) is 14. The van der Waals surface area contributed by atoms with Gasteiger partial charge in [-0.25, -0.2) is 9.59 Å². The Labute approximate surface area is 303 Å². The minimum atomic E-state index is -1.00.